The molecule has 1 aliphatic heterocycles. The second-order valence-electron chi connectivity index (χ2n) is 5.45. The van der Waals surface area contributed by atoms with E-state index < -0.39 is 0 Å². The minimum absolute atomic E-state index is 0.361. The number of hydrogen-bond donors (Lipinski definition) is 1. The summed E-state index contributed by atoms with van der Waals surface area (Å²) in [4.78, 5) is 1.45. The molecule has 2 aromatic carbocycles. The van der Waals surface area contributed by atoms with Crippen molar-refractivity contribution in [2.75, 3.05) is 13.7 Å². The molecule has 2 aromatic rings. The average molecular weight is 299 g/mol. The first-order chi connectivity index (χ1) is 10.3. The molecule has 3 rings (SSSR count). The van der Waals surface area contributed by atoms with E-state index in [0.717, 1.165) is 12.3 Å². The molecule has 0 fully saturated rings. The summed E-state index contributed by atoms with van der Waals surface area (Å²) in [6.45, 7) is 3.25. The highest BCUT2D eigenvalue weighted by molar-refractivity contribution is 8.00. The van der Waals surface area contributed by atoms with Gasteiger partial charge in [0.15, 0.2) is 0 Å². The Kier molecular flexibility index (Phi) is 4.51. The Morgan fingerprint density at radius 2 is 1.95 bits per heavy atom. The highest BCUT2D eigenvalue weighted by atomic mass is 32.2. The van der Waals surface area contributed by atoms with Crippen LogP contribution >= 0.6 is 11.8 Å². The molecule has 0 aliphatic carbocycles. The maximum atomic E-state index is 5.20. The lowest BCUT2D eigenvalue weighted by Crippen LogP contribution is -2.27. The molecule has 0 saturated carbocycles. The molecule has 0 radical (unpaired) electrons. The Hall–Kier alpha value is -1.45. The predicted octanol–water partition coefficient (Wildman–Crippen LogP) is 4.06. The molecule has 1 unspecified atom stereocenters. The fourth-order valence-electron chi connectivity index (χ4n) is 2.69. The number of rotatable bonds is 5. The summed E-state index contributed by atoms with van der Waals surface area (Å²) in [5, 5.41) is 4.29. The van der Waals surface area contributed by atoms with Gasteiger partial charge in [0.1, 0.15) is 5.75 Å². The topological polar surface area (TPSA) is 21.3 Å². The van der Waals surface area contributed by atoms with Gasteiger partial charge < -0.3 is 10.1 Å². The Morgan fingerprint density at radius 3 is 2.67 bits per heavy atom. The summed E-state index contributed by atoms with van der Waals surface area (Å²) in [5.41, 5.74) is 2.79. The van der Waals surface area contributed by atoms with E-state index in [9.17, 15) is 0 Å². The van der Waals surface area contributed by atoms with E-state index in [2.05, 4.69) is 48.6 Å². The van der Waals surface area contributed by atoms with Crippen molar-refractivity contribution in [1.29, 1.82) is 0 Å². The molecule has 2 atom stereocenters. The number of fused-ring (bicyclic) bond motifs is 1. The van der Waals surface area contributed by atoms with Crippen molar-refractivity contribution in [3.8, 4) is 5.75 Å². The lowest BCUT2D eigenvalue weighted by Gasteiger charge is -2.17. The third-order valence-corrected chi connectivity index (χ3v) is 5.30. The highest BCUT2D eigenvalue weighted by Crippen LogP contribution is 2.36. The van der Waals surface area contributed by atoms with Gasteiger partial charge in [-0.1, -0.05) is 30.3 Å². The lowest BCUT2D eigenvalue weighted by molar-refractivity contribution is 0.414. The minimum Gasteiger partial charge on any atom is -0.497 e. The van der Waals surface area contributed by atoms with Crippen LogP contribution in [0.1, 0.15) is 24.1 Å². The van der Waals surface area contributed by atoms with E-state index in [4.69, 9.17) is 4.74 Å². The number of thioether (sulfide) groups is 1. The SMILES string of the molecule is COc1ccc([C@@H](C)NCC2Cc3ccccc3S2)cc1. The largest absolute Gasteiger partial charge is 0.497 e. The van der Waals surface area contributed by atoms with Gasteiger partial charge in [-0.25, -0.2) is 0 Å². The Labute approximate surface area is 130 Å². The maximum Gasteiger partial charge on any atom is 0.118 e. The number of ether oxygens (including phenoxy) is 1. The molecular weight excluding hydrogens is 278 g/mol. The van der Waals surface area contributed by atoms with Gasteiger partial charge in [-0.2, -0.15) is 0 Å². The van der Waals surface area contributed by atoms with Gasteiger partial charge in [-0.15, -0.1) is 11.8 Å². The summed E-state index contributed by atoms with van der Waals surface area (Å²) in [7, 11) is 1.70. The normalized spacial score (nSPS) is 18.3. The molecular formula is C18H21NOS. The summed E-state index contributed by atoms with van der Waals surface area (Å²) >= 11 is 2.00. The van der Waals surface area contributed by atoms with Crippen molar-refractivity contribution >= 4 is 11.8 Å². The van der Waals surface area contributed by atoms with Crippen LogP contribution in [-0.4, -0.2) is 18.9 Å². The Balaban J connectivity index is 1.53. The van der Waals surface area contributed by atoms with Crippen LogP contribution in [0.3, 0.4) is 0 Å². The lowest BCUT2D eigenvalue weighted by atomic mass is 10.1. The van der Waals surface area contributed by atoms with Crippen molar-refractivity contribution in [2.45, 2.75) is 29.5 Å². The van der Waals surface area contributed by atoms with Crippen molar-refractivity contribution in [3.05, 3.63) is 59.7 Å². The van der Waals surface area contributed by atoms with E-state index in [1.54, 1.807) is 7.11 Å². The predicted molar refractivity (Wildman–Crippen MR) is 89.2 cm³/mol. The Morgan fingerprint density at radius 1 is 1.19 bits per heavy atom. The van der Waals surface area contributed by atoms with Crippen LogP contribution in [-0.2, 0) is 6.42 Å². The molecule has 0 spiro atoms. The molecule has 3 heteroatoms. The number of methoxy groups -OCH3 is 1. The maximum absolute atomic E-state index is 5.20. The monoisotopic (exact) mass is 299 g/mol. The second-order valence-corrected chi connectivity index (χ2v) is 6.80. The van der Waals surface area contributed by atoms with Gasteiger partial charge in [-0.05, 0) is 42.7 Å². The zero-order chi connectivity index (χ0) is 14.7. The summed E-state index contributed by atoms with van der Waals surface area (Å²) in [6.07, 6.45) is 1.17. The van der Waals surface area contributed by atoms with Crippen LogP contribution in [0.5, 0.6) is 5.75 Å². The molecule has 1 heterocycles. The van der Waals surface area contributed by atoms with E-state index >= 15 is 0 Å². The number of hydrogen-bond acceptors (Lipinski definition) is 3. The molecule has 0 bridgehead atoms. The van der Waals surface area contributed by atoms with Gasteiger partial charge in [0.05, 0.1) is 7.11 Å². The van der Waals surface area contributed by atoms with Gasteiger partial charge in [0, 0.05) is 22.7 Å². The first-order valence-corrected chi connectivity index (χ1v) is 8.26. The van der Waals surface area contributed by atoms with Gasteiger partial charge in [-0.3, -0.25) is 0 Å². The number of nitrogens with one attached hydrogen (secondary N) is 1. The zero-order valence-electron chi connectivity index (χ0n) is 12.5. The second kappa shape index (κ2) is 6.54. The van der Waals surface area contributed by atoms with Crippen LogP contribution < -0.4 is 10.1 Å². The molecule has 21 heavy (non-hydrogen) atoms. The van der Waals surface area contributed by atoms with E-state index in [1.165, 1.54) is 22.4 Å². The molecule has 2 nitrogen and oxygen atoms in total. The van der Waals surface area contributed by atoms with Crippen LogP contribution in [0.4, 0.5) is 0 Å². The van der Waals surface area contributed by atoms with Crippen LogP contribution in [0.2, 0.25) is 0 Å². The molecule has 0 aromatic heterocycles. The third-order valence-electron chi connectivity index (χ3n) is 3.98. The van der Waals surface area contributed by atoms with E-state index in [0.29, 0.717) is 11.3 Å². The smallest absolute Gasteiger partial charge is 0.118 e. The Bertz CT molecular complexity index is 571. The fourth-order valence-corrected chi connectivity index (χ4v) is 3.95. The van der Waals surface area contributed by atoms with Gasteiger partial charge >= 0.3 is 0 Å². The van der Waals surface area contributed by atoms with Gasteiger partial charge in [0.25, 0.3) is 0 Å². The quantitative estimate of drug-likeness (QED) is 0.899. The molecule has 110 valence electrons. The summed E-state index contributed by atoms with van der Waals surface area (Å²) < 4.78 is 5.20. The first kappa shape index (κ1) is 14.5. The van der Waals surface area contributed by atoms with Crippen LogP contribution in [0.25, 0.3) is 0 Å². The average Bonchev–Trinajstić information content (AvgIpc) is 2.95. The standard InChI is InChI=1S/C18H21NOS/c1-13(14-7-9-16(20-2)10-8-14)19-12-17-11-15-5-3-4-6-18(15)21-17/h3-10,13,17,19H,11-12H2,1-2H3/t13-,17?/m1/s1. The summed E-state index contributed by atoms with van der Waals surface area (Å²) in [6, 6.07) is 17.4. The molecule has 0 saturated heterocycles. The van der Waals surface area contributed by atoms with Crippen molar-refractivity contribution in [3.63, 3.8) is 0 Å². The van der Waals surface area contributed by atoms with Crippen molar-refractivity contribution < 1.29 is 4.74 Å². The van der Waals surface area contributed by atoms with Crippen molar-refractivity contribution in [2.24, 2.45) is 0 Å². The van der Waals surface area contributed by atoms with E-state index in [1.807, 2.05) is 23.9 Å². The molecule has 0 amide bonds. The third kappa shape index (κ3) is 3.42. The van der Waals surface area contributed by atoms with Crippen LogP contribution in [0, 0.1) is 0 Å². The minimum atomic E-state index is 0.361. The molecule has 1 N–H and O–H groups in total. The first-order valence-electron chi connectivity index (χ1n) is 7.38. The van der Waals surface area contributed by atoms with Gasteiger partial charge in [0.2, 0.25) is 0 Å². The fraction of sp³-hybridized carbons (Fsp3) is 0.333. The summed E-state index contributed by atoms with van der Waals surface area (Å²) in [5.74, 6) is 0.910. The number of benzene rings is 2. The van der Waals surface area contributed by atoms with Crippen molar-refractivity contribution in [1.82, 2.24) is 5.32 Å². The molecule has 1 aliphatic rings. The zero-order valence-corrected chi connectivity index (χ0v) is 13.3. The van der Waals surface area contributed by atoms with Crippen LogP contribution in [0.15, 0.2) is 53.4 Å². The van der Waals surface area contributed by atoms with E-state index in [-0.39, 0.29) is 0 Å². The highest BCUT2D eigenvalue weighted by Gasteiger charge is 2.21.